The minimum Gasteiger partial charge on any atom is -0.392 e. The molecule has 19 heavy (non-hydrogen) atoms. The zero-order chi connectivity index (χ0) is 14.7. The molecule has 0 saturated carbocycles. The van der Waals surface area contributed by atoms with Crippen molar-refractivity contribution in [1.82, 2.24) is 9.62 Å². The molecule has 1 heterocycles. The van der Waals surface area contributed by atoms with E-state index in [1.165, 1.54) is 6.07 Å². The molecule has 0 amide bonds. The van der Waals surface area contributed by atoms with Crippen LogP contribution in [0.4, 0.5) is 0 Å². The fourth-order valence-electron chi connectivity index (χ4n) is 1.85. The van der Waals surface area contributed by atoms with Gasteiger partial charge in [-0.1, -0.05) is 13.8 Å². The van der Waals surface area contributed by atoms with Gasteiger partial charge in [0.25, 0.3) is 0 Å². The number of hydrogen-bond donors (Lipinski definition) is 2. The second-order valence-electron chi connectivity index (χ2n) is 5.66. The number of aliphatic hydroxyl groups is 1. The molecule has 0 aliphatic carbocycles. The summed E-state index contributed by atoms with van der Waals surface area (Å²) >= 11 is 1.12. The largest absolute Gasteiger partial charge is 0.392 e. The van der Waals surface area contributed by atoms with Crippen molar-refractivity contribution in [3.05, 3.63) is 17.0 Å². The lowest BCUT2D eigenvalue weighted by atomic mass is 9.93. The minimum absolute atomic E-state index is 0.141. The smallest absolute Gasteiger partial charge is 0.250 e. The van der Waals surface area contributed by atoms with Gasteiger partial charge < -0.3 is 10.0 Å². The molecule has 0 atom stereocenters. The molecule has 0 radical (unpaired) electrons. The van der Waals surface area contributed by atoms with Crippen molar-refractivity contribution in [2.75, 3.05) is 27.2 Å². The lowest BCUT2D eigenvalue weighted by molar-refractivity contribution is 0.242. The summed E-state index contributed by atoms with van der Waals surface area (Å²) in [4.78, 5) is 2.03. The molecular formula is C12H22N2O3S2. The number of aliphatic hydroxyl groups excluding tert-OH is 1. The highest BCUT2D eigenvalue weighted by molar-refractivity contribution is 7.91. The third-order valence-corrected chi connectivity index (χ3v) is 5.45. The van der Waals surface area contributed by atoms with Gasteiger partial charge in [-0.15, -0.1) is 11.3 Å². The van der Waals surface area contributed by atoms with E-state index in [1.54, 1.807) is 5.38 Å². The summed E-state index contributed by atoms with van der Waals surface area (Å²) in [6.07, 6.45) is 0. The Morgan fingerprint density at radius 1 is 1.42 bits per heavy atom. The Hall–Kier alpha value is -0.470. The van der Waals surface area contributed by atoms with E-state index in [2.05, 4.69) is 4.72 Å². The maximum Gasteiger partial charge on any atom is 0.250 e. The first-order valence-corrected chi connectivity index (χ1v) is 8.35. The van der Waals surface area contributed by atoms with Crippen LogP contribution in [0.25, 0.3) is 0 Å². The molecule has 2 N–H and O–H groups in total. The quantitative estimate of drug-likeness (QED) is 0.792. The van der Waals surface area contributed by atoms with Gasteiger partial charge in [0.1, 0.15) is 4.21 Å². The number of rotatable bonds is 7. The Bertz CT molecular complexity index is 507. The van der Waals surface area contributed by atoms with Crippen LogP contribution in [-0.4, -0.2) is 45.6 Å². The van der Waals surface area contributed by atoms with Crippen molar-refractivity contribution in [1.29, 1.82) is 0 Å². The van der Waals surface area contributed by atoms with Gasteiger partial charge in [-0.25, -0.2) is 13.1 Å². The van der Waals surface area contributed by atoms with Crippen LogP contribution in [-0.2, 0) is 16.6 Å². The third-order valence-electron chi connectivity index (χ3n) is 2.56. The maximum atomic E-state index is 12.1. The monoisotopic (exact) mass is 306 g/mol. The number of nitrogens with one attached hydrogen (secondary N) is 1. The predicted octanol–water partition coefficient (Wildman–Crippen LogP) is 1.11. The molecule has 1 aromatic rings. The second kappa shape index (κ2) is 6.32. The van der Waals surface area contributed by atoms with Gasteiger partial charge in [0.15, 0.2) is 0 Å². The molecule has 110 valence electrons. The molecule has 0 spiro atoms. The average Bonchev–Trinajstić information content (AvgIpc) is 2.74. The van der Waals surface area contributed by atoms with Crippen LogP contribution >= 0.6 is 11.3 Å². The molecule has 7 heteroatoms. The molecule has 0 aliphatic heterocycles. The Labute approximate surface area is 119 Å². The van der Waals surface area contributed by atoms with Crippen LogP contribution in [0.5, 0.6) is 0 Å². The molecule has 0 fully saturated rings. The molecule has 0 aromatic carbocycles. The SMILES string of the molecule is CN(C)CC(C)(C)CNS(=O)(=O)c1cc(CO)cs1. The van der Waals surface area contributed by atoms with Crippen LogP contribution in [0.15, 0.2) is 15.7 Å². The van der Waals surface area contributed by atoms with E-state index in [4.69, 9.17) is 5.11 Å². The average molecular weight is 306 g/mol. The van der Waals surface area contributed by atoms with Crippen LogP contribution in [0.3, 0.4) is 0 Å². The summed E-state index contributed by atoms with van der Waals surface area (Å²) in [6.45, 7) is 5.06. The zero-order valence-electron chi connectivity index (χ0n) is 11.8. The van der Waals surface area contributed by atoms with Crippen LogP contribution in [0, 0.1) is 5.41 Å². The molecule has 5 nitrogen and oxygen atoms in total. The summed E-state index contributed by atoms with van der Waals surface area (Å²) in [5, 5.41) is 10.6. The van der Waals surface area contributed by atoms with Crippen LogP contribution in [0.1, 0.15) is 19.4 Å². The highest BCUT2D eigenvalue weighted by atomic mass is 32.2. The lowest BCUT2D eigenvalue weighted by Gasteiger charge is -2.28. The molecule has 0 bridgehead atoms. The van der Waals surface area contributed by atoms with Crippen molar-refractivity contribution in [3.63, 3.8) is 0 Å². The van der Waals surface area contributed by atoms with Gasteiger partial charge in [-0.2, -0.15) is 0 Å². The first-order chi connectivity index (χ1) is 8.66. The highest BCUT2D eigenvalue weighted by Gasteiger charge is 2.23. The number of sulfonamides is 1. The molecular weight excluding hydrogens is 284 g/mol. The van der Waals surface area contributed by atoms with E-state index in [0.29, 0.717) is 12.1 Å². The van der Waals surface area contributed by atoms with E-state index >= 15 is 0 Å². The Morgan fingerprint density at radius 3 is 2.53 bits per heavy atom. The van der Waals surface area contributed by atoms with E-state index in [9.17, 15) is 8.42 Å². The maximum absolute atomic E-state index is 12.1. The van der Waals surface area contributed by atoms with Gasteiger partial charge in [-0.05, 0) is 36.5 Å². The topological polar surface area (TPSA) is 69.6 Å². The molecule has 1 rings (SSSR count). The van der Waals surface area contributed by atoms with E-state index in [0.717, 1.165) is 17.9 Å². The Balaban J connectivity index is 2.70. The fourth-order valence-corrected chi connectivity index (χ4v) is 4.34. The number of nitrogens with zero attached hydrogens (tertiary/aromatic N) is 1. The third kappa shape index (κ3) is 5.19. The van der Waals surface area contributed by atoms with E-state index < -0.39 is 10.0 Å². The van der Waals surface area contributed by atoms with Gasteiger partial charge in [0, 0.05) is 13.1 Å². The molecule has 0 unspecified atom stereocenters. The van der Waals surface area contributed by atoms with Crippen molar-refractivity contribution < 1.29 is 13.5 Å². The second-order valence-corrected chi connectivity index (χ2v) is 8.56. The first kappa shape index (κ1) is 16.6. The van der Waals surface area contributed by atoms with Gasteiger partial charge in [-0.3, -0.25) is 0 Å². The van der Waals surface area contributed by atoms with Gasteiger partial charge in [0.05, 0.1) is 6.61 Å². The standard InChI is InChI=1S/C12H22N2O3S2/c1-12(2,9-14(3)4)8-13-19(16,17)11-5-10(6-15)7-18-11/h5,7,13,15H,6,8-9H2,1-4H3. The predicted molar refractivity (Wildman–Crippen MR) is 77.8 cm³/mol. The zero-order valence-corrected chi connectivity index (χ0v) is 13.4. The highest BCUT2D eigenvalue weighted by Crippen LogP contribution is 2.21. The van der Waals surface area contributed by atoms with Gasteiger partial charge in [0.2, 0.25) is 10.0 Å². The van der Waals surface area contributed by atoms with Crippen molar-refractivity contribution >= 4 is 21.4 Å². The first-order valence-electron chi connectivity index (χ1n) is 5.99. The van der Waals surface area contributed by atoms with Crippen molar-refractivity contribution in [2.24, 2.45) is 5.41 Å². The van der Waals surface area contributed by atoms with E-state index in [1.807, 2.05) is 32.8 Å². The van der Waals surface area contributed by atoms with Crippen molar-refractivity contribution in [3.8, 4) is 0 Å². The summed E-state index contributed by atoms with van der Waals surface area (Å²) in [5.74, 6) is 0. The Kier molecular flexibility index (Phi) is 5.52. The summed E-state index contributed by atoms with van der Waals surface area (Å²) in [5.41, 5.74) is 0.478. The van der Waals surface area contributed by atoms with Crippen LogP contribution in [0.2, 0.25) is 0 Å². The molecule has 1 aromatic heterocycles. The Morgan fingerprint density at radius 2 is 2.05 bits per heavy atom. The minimum atomic E-state index is -3.48. The molecule has 0 saturated heterocycles. The number of hydrogen-bond acceptors (Lipinski definition) is 5. The normalized spacial score (nSPS) is 13.2. The summed E-state index contributed by atoms with van der Waals surface area (Å²) < 4.78 is 27.1. The van der Waals surface area contributed by atoms with Gasteiger partial charge >= 0.3 is 0 Å². The summed E-state index contributed by atoms with van der Waals surface area (Å²) in [7, 11) is 0.443. The molecule has 0 aliphatic rings. The van der Waals surface area contributed by atoms with Crippen LogP contribution < -0.4 is 4.72 Å². The van der Waals surface area contributed by atoms with Crippen molar-refractivity contribution in [2.45, 2.75) is 24.7 Å². The fraction of sp³-hybridized carbons (Fsp3) is 0.667. The lowest BCUT2D eigenvalue weighted by Crippen LogP contribution is -2.39. The van der Waals surface area contributed by atoms with E-state index in [-0.39, 0.29) is 16.2 Å². The number of thiophene rings is 1. The summed E-state index contributed by atoms with van der Waals surface area (Å²) in [6, 6.07) is 1.51.